The first-order valence-electron chi connectivity index (χ1n) is 6.70. The summed E-state index contributed by atoms with van der Waals surface area (Å²) < 4.78 is 0. The Labute approximate surface area is 115 Å². The molecule has 1 atom stereocenters. The number of aliphatic hydroxyl groups excluding tert-OH is 1. The number of rotatable bonds is 8. The molecule has 0 bridgehead atoms. The summed E-state index contributed by atoms with van der Waals surface area (Å²) in [5, 5.41) is 12.7. The average Bonchev–Trinajstić information content (AvgIpc) is 2.36. The number of aliphatic hydroxyl groups is 1. The van der Waals surface area contributed by atoms with Crippen LogP contribution in [0.3, 0.4) is 0 Å². The Bertz CT molecular complexity index is 324. The third-order valence-electron chi connectivity index (χ3n) is 3.15. The van der Waals surface area contributed by atoms with Gasteiger partial charge in [-0.05, 0) is 35.3 Å². The highest BCUT2D eigenvalue weighted by molar-refractivity contribution is 7.99. The zero-order chi connectivity index (χ0) is 13.4. The van der Waals surface area contributed by atoms with Crippen molar-refractivity contribution in [2.45, 2.75) is 32.2 Å². The first kappa shape index (κ1) is 15.5. The van der Waals surface area contributed by atoms with Gasteiger partial charge < -0.3 is 10.4 Å². The molecule has 1 unspecified atom stereocenters. The molecule has 0 spiro atoms. The van der Waals surface area contributed by atoms with Crippen LogP contribution in [0, 0.1) is 11.8 Å². The Morgan fingerprint density at radius 2 is 1.89 bits per heavy atom. The predicted molar refractivity (Wildman–Crippen MR) is 80.0 cm³/mol. The minimum absolute atomic E-state index is 0.261. The van der Waals surface area contributed by atoms with E-state index >= 15 is 0 Å². The molecule has 0 amide bonds. The van der Waals surface area contributed by atoms with Crippen LogP contribution in [0.1, 0.15) is 26.3 Å². The van der Waals surface area contributed by atoms with Crippen molar-refractivity contribution in [1.29, 1.82) is 0 Å². The van der Waals surface area contributed by atoms with E-state index in [1.165, 1.54) is 10.5 Å². The summed E-state index contributed by atoms with van der Waals surface area (Å²) in [5.41, 5.74) is 1.30. The third kappa shape index (κ3) is 5.42. The molecule has 0 aliphatic rings. The quantitative estimate of drug-likeness (QED) is 0.710. The van der Waals surface area contributed by atoms with Gasteiger partial charge in [-0.15, -0.1) is 11.8 Å². The fourth-order valence-corrected chi connectivity index (χ4v) is 2.45. The monoisotopic (exact) mass is 267 g/mol. The lowest BCUT2D eigenvalue weighted by molar-refractivity contribution is 0.186. The van der Waals surface area contributed by atoms with Gasteiger partial charge in [-0.25, -0.2) is 0 Å². The van der Waals surface area contributed by atoms with Crippen LogP contribution in [-0.2, 0) is 6.54 Å². The first-order valence-corrected chi connectivity index (χ1v) is 7.69. The number of thioether (sulfide) groups is 1. The van der Waals surface area contributed by atoms with E-state index in [2.05, 4.69) is 50.4 Å². The van der Waals surface area contributed by atoms with Gasteiger partial charge in [0.05, 0.1) is 0 Å². The second-order valence-corrected chi connectivity index (χ2v) is 6.23. The minimum Gasteiger partial charge on any atom is -0.396 e. The molecule has 0 saturated heterocycles. The molecule has 1 aromatic carbocycles. The highest BCUT2D eigenvalue weighted by Gasteiger charge is 2.11. The van der Waals surface area contributed by atoms with E-state index in [-0.39, 0.29) is 6.61 Å². The number of hydrogen-bond acceptors (Lipinski definition) is 3. The molecule has 0 fully saturated rings. The molecule has 1 aromatic rings. The van der Waals surface area contributed by atoms with Crippen LogP contribution in [-0.4, -0.2) is 24.0 Å². The molecule has 1 rings (SSSR count). The molecule has 0 aliphatic carbocycles. The van der Waals surface area contributed by atoms with Crippen molar-refractivity contribution in [3.63, 3.8) is 0 Å². The molecular formula is C15H25NOS. The summed E-state index contributed by atoms with van der Waals surface area (Å²) in [7, 11) is 0. The van der Waals surface area contributed by atoms with Gasteiger partial charge in [0.15, 0.2) is 0 Å². The highest BCUT2D eigenvalue weighted by Crippen LogP contribution is 2.17. The van der Waals surface area contributed by atoms with Crippen molar-refractivity contribution in [3.8, 4) is 0 Å². The molecule has 3 heteroatoms. The van der Waals surface area contributed by atoms with Crippen LogP contribution in [0.4, 0.5) is 0 Å². The molecule has 0 heterocycles. The number of benzene rings is 1. The van der Waals surface area contributed by atoms with E-state index in [0.29, 0.717) is 11.8 Å². The van der Waals surface area contributed by atoms with Crippen LogP contribution in [0.25, 0.3) is 0 Å². The Balaban J connectivity index is 2.34. The summed E-state index contributed by atoms with van der Waals surface area (Å²) in [6, 6.07) is 8.71. The second kappa shape index (κ2) is 8.57. The van der Waals surface area contributed by atoms with Crippen molar-refractivity contribution in [2.24, 2.45) is 11.8 Å². The lowest BCUT2D eigenvalue weighted by atomic mass is 9.97. The maximum absolute atomic E-state index is 9.25. The summed E-state index contributed by atoms with van der Waals surface area (Å²) in [5.74, 6) is 1.98. The lowest BCUT2D eigenvalue weighted by Crippen LogP contribution is -2.28. The van der Waals surface area contributed by atoms with Crippen LogP contribution in [0.15, 0.2) is 29.2 Å². The van der Waals surface area contributed by atoms with Crippen LogP contribution in [0.2, 0.25) is 0 Å². The van der Waals surface area contributed by atoms with Gasteiger partial charge >= 0.3 is 0 Å². The van der Waals surface area contributed by atoms with E-state index < -0.39 is 0 Å². The van der Waals surface area contributed by atoms with Crippen LogP contribution >= 0.6 is 11.8 Å². The van der Waals surface area contributed by atoms with Crippen molar-refractivity contribution in [1.82, 2.24) is 5.32 Å². The molecule has 2 nitrogen and oxygen atoms in total. The summed E-state index contributed by atoms with van der Waals surface area (Å²) >= 11 is 1.87. The van der Waals surface area contributed by atoms with Gasteiger partial charge in [-0.2, -0.15) is 0 Å². The van der Waals surface area contributed by atoms with Gasteiger partial charge in [0.2, 0.25) is 0 Å². The van der Waals surface area contributed by atoms with Crippen molar-refractivity contribution in [2.75, 3.05) is 18.9 Å². The first-order chi connectivity index (χ1) is 8.67. The molecule has 0 radical (unpaired) electrons. The van der Waals surface area contributed by atoms with Gasteiger partial charge in [0, 0.05) is 24.6 Å². The van der Waals surface area contributed by atoms with Crippen molar-refractivity contribution >= 4 is 11.8 Å². The minimum atomic E-state index is 0.261. The standard InChI is InChI=1S/C15H25NOS/c1-4-18-15-7-5-13(6-8-15)9-16-10-14(11-17)12(2)3/h5-8,12,14,16-17H,4,9-11H2,1-3H3. The fourth-order valence-electron chi connectivity index (χ4n) is 1.78. The lowest BCUT2D eigenvalue weighted by Gasteiger charge is -2.18. The second-order valence-electron chi connectivity index (χ2n) is 4.89. The van der Waals surface area contributed by atoms with E-state index in [0.717, 1.165) is 18.8 Å². The molecular weight excluding hydrogens is 242 g/mol. The maximum Gasteiger partial charge on any atom is 0.0473 e. The zero-order valence-corrected chi connectivity index (χ0v) is 12.5. The number of hydrogen-bond donors (Lipinski definition) is 2. The average molecular weight is 267 g/mol. The topological polar surface area (TPSA) is 32.3 Å². The third-order valence-corrected chi connectivity index (χ3v) is 4.04. The predicted octanol–water partition coefficient (Wildman–Crippen LogP) is 3.15. The Morgan fingerprint density at radius 1 is 1.22 bits per heavy atom. The van der Waals surface area contributed by atoms with Crippen LogP contribution in [0.5, 0.6) is 0 Å². The highest BCUT2D eigenvalue weighted by atomic mass is 32.2. The van der Waals surface area contributed by atoms with E-state index in [9.17, 15) is 5.11 Å². The van der Waals surface area contributed by atoms with Crippen molar-refractivity contribution < 1.29 is 5.11 Å². The Hall–Kier alpha value is -0.510. The van der Waals surface area contributed by atoms with E-state index in [1.807, 2.05) is 11.8 Å². The van der Waals surface area contributed by atoms with Gasteiger partial charge in [-0.3, -0.25) is 0 Å². The summed E-state index contributed by atoms with van der Waals surface area (Å²) in [4.78, 5) is 1.33. The van der Waals surface area contributed by atoms with Crippen LogP contribution < -0.4 is 5.32 Å². The SMILES string of the molecule is CCSc1ccc(CNCC(CO)C(C)C)cc1. The molecule has 0 saturated carbocycles. The smallest absolute Gasteiger partial charge is 0.0473 e. The number of nitrogens with one attached hydrogen (secondary N) is 1. The fraction of sp³-hybridized carbons (Fsp3) is 0.600. The molecule has 102 valence electrons. The normalized spacial score (nSPS) is 12.9. The molecule has 2 N–H and O–H groups in total. The summed E-state index contributed by atoms with van der Waals surface area (Å²) in [6.45, 7) is 8.48. The molecule has 0 aliphatic heterocycles. The molecule has 18 heavy (non-hydrogen) atoms. The van der Waals surface area contributed by atoms with Crippen molar-refractivity contribution in [3.05, 3.63) is 29.8 Å². The zero-order valence-electron chi connectivity index (χ0n) is 11.6. The van der Waals surface area contributed by atoms with Gasteiger partial charge in [0.25, 0.3) is 0 Å². The van der Waals surface area contributed by atoms with E-state index in [1.54, 1.807) is 0 Å². The largest absolute Gasteiger partial charge is 0.396 e. The molecule has 0 aromatic heterocycles. The van der Waals surface area contributed by atoms with Gasteiger partial charge in [0.1, 0.15) is 0 Å². The maximum atomic E-state index is 9.25. The van der Waals surface area contributed by atoms with E-state index in [4.69, 9.17) is 0 Å². The summed E-state index contributed by atoms with van der Waals surface area (Å²) in [6.07, 6.45) is 0. The Morgan fingerprint density at radius 3 is 2.39 bits per heavy atom. The Kier molecular flexibility index (Phi) is 7.40. The van der Waals surface area contributed by atoms with Gasteiger partial charge in [-0.1, -0.05) is 32.9 Å².